The van der Waals surface area contributed by atoms with Crippen LogP contribution in [0, 0.1) is 0 Å². The van der Waals surface area contributed by atoms with Crippen molar-refractivity contribution >= 4 is 5.71 Å². The van der Waals surface area contributed by atoms with E-state index in [4.69, 9.17) is 9.47 Å². The van der Waals surface area contributed by atoms with E-state index in [0.717, 1.165) is 0 Å². The molecule has 4 nitrogen and oxygen atoms in total. The van der Waals surface area contributed by atoms with E-state index in [1.54, 1.807) is 21.1 Å². The van der Waals surface area contributed by atoms with Crippen molar-refractivity contribution in [1.29, 1.82) is 0 Å². The summed E-state index contributed by atoms with van der Waals surface area (Å²) >= 11 is 0. The molecular weight excluding hydrogens is 134 g/mol. The molecule has 0 fully saturated rings. The average molecular weight is 147 g/mol. The molecule has 0 unspecified atom stereocenters. The van der Waals surface area contributed by atoms with E-state index in [0.29, 0.717) is 5.71 Å². The largest absolute Gasteiger partial charge is 0.399 e. The molecule has 0 heterocycles. The van der Waals surface area contributed by atoms with Gasteiger partial charge in [0.05, 0.1) is 0 Å². The van der Waals surface area contributed by atoms with Crippen LogP contribution in [0.2, 0.25) is 0 Å². The van der Waals surface area contributed by atoms with Gasteiger partial charge in [-0.2, -0.15) is 0 Å². The molecule has 0 aliphatic carbocycles. The van der Waals surface area contributed by atoms with E-state index < -0.39 is 6.29 Å². The topological polar surface area (TPSA) is 40.0 Å². The summed E-state index contributed by atoms with van der Waals surface area (Å²) in [5.41, 5.74) is 0.660. The van der Waals surface area contributed by atoms with Crippen molar-refractivity contribution in [3.05, 3.63) is 0 Å². The van der Waals surface area contributed by atoms with Crippen molar-refractivity contribution in [2.24, 2.45) is 5.16 Å². The lowest BCUT2D eigenvalue weighted by Gasteiger charge is -2.10. The van der Waals surface area contributed by atoms with Crippen molar-refractivity contribution in [3.63, 3.8) is 0 Å². The van der Waals surface area contributed by atoms with Crippen molar-refractivity contribution < 1.29 is 14.3 Å². The lowest BCUT2D eigenvalue weighted by atomic mass is 10.4. The van der Waals surface area contributed by atoms with Crippen molar-refractivity contribution in [2.45, 2.75) is 13.2 Å². The quantitative estimate of drug-likeness (QED) is 0.332. The lowest BCUT2D eigenvalue weighted by Crippen LogP contribution is -2.22. The van der Waals surface area contributed by atoms with Gasteiger partial charge in [0.2, 0.25) is 0 Å². The SMILES string of the molecule is CO/N=C(/C)C(OC)OC. The smallest absolute Gasteiger partial charge is 0.199 e. The predicted molar refractivity (Wildman–Crippen MR) is 37.9 cm³/mol. The van der Waals surface area contributed by atoms with Crippen LogP contribution in [0.4, 0.5) is 0 Å². The van der Waals surface area contributed by atoms with Crippen LogP contribution in [0.1, 0.15) is 6.92 Å². The predicted octanol–water partition coefficient (Wildman–Crippen LogP) is 0.628. The molecule has 0 bridgehead atoms. The third-order valence-corrected chi connectivity index (χ3v) is 1.00. The van der Waals surface area contributed by atoms with E-state index in [9.17, 15) is 0 Å². The number of rotatable bonds is 4. The lowest BCUT2D eigenvalue weighted by molar-refractivity contribution is -0.0543. The summed E-state index contributed by atoms with van der Waals surface area (Å²) < 4.78 is 9.76. The molecular formula is C6H13NO3. The molecule has 0 amide bonds. The molecule has 0 atom stereocenters. The second-order valence-electron chi connectivity index (χ2n) is 1.72. The Hall–Kier alpha value is -0.610. The molecule has 4 heteroatoms. The van der Waals surface area contributed by atoms with Crippen LogP contribution < -0.4 is 0 Å². The number of nitrogens with zero attached hydrogens (tertiary/aromatic N) is 1. The van der Waals surface area contributed by atoms with Crippen LogP contribution in [0.15, 0.2) is 5.16 Å². The molecule has 0 aromatic rings. The van der Waals surface area contributed by atoms with Crippen LogP contribution in [0.3, 0.4) is 0 Å². The Morgan fingerprint density at radius 3 is 2.00 bits per heavy atom. The number of hydrogen-bond donors (Lipinski definition) is 0. The van der Waals surface area contributed by atoms with E-state index in [1.165, 1.54) is 7.11 Å². The highest BCUT2D eigenvalue weighted by Crippen LogP contribution is 1.94. The Morgan fingerprint density at radius 1 is 1.20 bits per heavy atom. The summed E-state index contributed by atoms with van der Waals surface area (Å²) in [5.74, 6) is 0. The van der Waals surface area contributed by atoms with Gasteiger partial charge in [-0.1, -0.05) is 5.16 Å². The van der Waals surface area contributed by atoms with Crippen LogP contribution in [-0.2, 0) is 14.3 Å². The Kier molecular flexibility index (Phi) is 4.88. The van der Waals surface area contributed by atoms with Gasteiger partial charge in [-0.15, -0.1) is 0 Å². The fourth-order valence-electron chi connectivity index (χ4n) is 0.624. The van der Waals surface area contributed by atoms with Gasteiger partial charge < -0.3 is 14.3 Å². The zero-order valence-corrected chi connectivity index (χ0v) is 6.75. The Balaban J connectivity index is 3.87. The second kappa shape index (κ2) is 5.20. The van der Waals surface area contributed by atoms with Gasteiger partial charge in [-0.25, -0.2) is 0 Å². The van der Waals surface area contributed by atoms with E-state index in [2.05, 4.69) is 9.99 Å². The Morgan fingerprint density at radius 2 is 1.70 bits per heavy atom. The fraction of sp³-hybridized carbons (Fsp3) is 0.833. The Labute approximate surface area is 60.8 Å². The minimum absolute atomic E-state index is 0.403. The van der Waals surface area contributed by atoms with E-state index >= 15 is 0 Å². The van der Waals surface area contributed by atoms with Gasteiger partial charge in [-0.3, -0.25) is 0 Å². The number of ether oxygens (including phenoxy) is 2. The van der Waals surface area contributed by atoms with E-state index in [-0.39, 0.29) is 0 Å². The standard InChI is InChI=1S/C6H13NO3/c1-5(7-10-4)6(8-2)9-3/h6H,1-4H3/b7-5-. The van der Waals surface area contributed by atoms with Crippen molar-refractivity contribution in [3.8, 4) is 0 Å². The second-order valence-corrected chi connectivity index (χ2v) is 1.72. The maximum atomic E-state index is 4.88. The normalized spacial score (nSPS) is 12.3. The molecule has 10 heavy (non-hydrogen) atoms. The molecule has 0 aliphatic heterocycles. The molecule has 0 aromatic heterocycles. The third kappa shape index (κ3) is 2.80. The molecule has 60 valence electrons. The first-order chi connectivity index (χ1) is 4.76. The minimum Gasteiger partial charge on any atom is -0.399 e. The summed E-state index contributed by atoms with van der Waals surface area (Å²) in [7, 11) is 4.57. The third-order valence-electron chi connectivity index (χ3n) is 1.00. The Bertz CT molecular complexity index is 110. The highest BCUT2D eigenvalue weighted by molar-refractivity contribution is 5.84. The van der Waals surface area contributed by atoms with Gasteiger partial charge in [0.15, 0.2) is 6.29 Å². The summed E-state index contributed by atoms with van der Waals surface area (Å²) in [6.07, 6.45) is -0.403. The van der Waals surface area contributed by atoms with Crippen molar-refractivity contribution in [2.75, 3.05) is 21.3 Å². The maximum absolute atomic E-state index is 4.88. The van der Waals surface area contributed by atoms with Crippen LogP contribution in [-0.4, -0.2) is 33.3 Å². The molecule has 0 saturated carbocycles. The van der Waals surface area contributed by atoms with Crippen molar-refractivity contribution in [1.82, 2.24) is 0 Å². The number of methoxy groups -OCH3 is 2. The maximum Gasteiger partial charge on any atom is 0.199 e. The summed E-state index contributed by atoms with van der Waals surface area (Å²) in [4.78, 5) is 4.52. The highest BCUT2D eigenvalue weighted by atomic mass is 16.7. The number of oxime groups is 1. The summed E-state index contributed by atoms with van der Waals surface area (Å²) in [6.45, 7) is 1.77. The monoisotopic (exact) mass is 147 g/mol. The van der Waals surface area contributed by atoms with Gasteiger partial charge >= 0.3 is 0 Å². The zero-order valence-electron chi connectivity index (χ0n) is 6.75. The molecule has 0 N–H and O–H groups in total. The van der Waals surface area contributed by atoms with Crippen LogP contribution >= 0.6 is 0 Å². The van der Waals surface area contributed by atoms with Gasteiger partial charge in [0.1, 0.15) is 12.8 Å². The molecule has 0 saturated heterocycles. The van der Waals surface area contributed by atoms with Gasteiger partial charge in [0, 0.05) is 14.2 Å². The fourth-order valence-corrected chi connectivity index (χ4v) is 0.624. The zero-order chi connectivity index (χ0) is 7.98. The highest BCUT2D eigenvalue weighted by Gasteiger charge is 2.08. The molecule has 0 spiro atoms. The first kappa shape index (κ1) is 9.39. The number of hydrogen-bond acceptors (Lipinski definition) is 4. The van der Waals surface area contributed by atoms with Crippen LogP contribution in [0.5, 0.6) is 0 Å². The molecule has 0 aliphatic rings. The first-order valence-corrected chi connectivity index (χ1v) is 2.89. The first-order valence-electron chi connectivity index (χ1n) is 2.89. The van der Waals surface area contributed by atoms with Gasteiger partial charge in [0.25, 0.3) is 0 Å². The molecule has 0 rings (SSSR count). The molecule has 0 aromatic carbocycles. The summed E-state index contributed by atoms with van der Waals surface area (Å²) in [6, 6.07) is 0. The average Bonchev–Trinajstić information content (AvgIpc) is 1.91. The van der Waals surface area contributed by atoms with Gasteiger partial charge in [-0.05, 0) is 6.92 Å². The molecule has 0 radical (unpaired) electrons. The van der Waals surface area contributed by atoms with E-state index in [1.807, 2.05) is 0 Å². The minimum atomic E-state index is -0.403. The van der Waals surface area contributed by atoms with Crippen LogP contribution in [0.25, 0.3) is 0 Å². The summed E-state index contributed by atoms with van der Waals surface area (Å²) in [5, 5.41) is 3.63.